The molecule has 0 spiro atoms. The molecule has 0 bridgehead atoms. The van der Waals surface area contributed by atoms with E-state index in [1.807, 2.05) is 60.9 Å². The molecule has 0 heterocycles. The number of hydrogen-bond acceptors (Lipinski definition) is 4. The summed E-state index contributed by atoms with van der Waals surface area (Å²) in [6.45, 7) is 6.89. The first-order valence-corrected chi connectivity index (χ1v) is 10.2. The standard InChI is InChI=1S/C24H27ClN2.CO2.ClH/c1-24(2,3)20-14-18(16-26-21-10-6-4-7-11-21)23(25)19(15-20)17-27-22-12-8-5-9-13-22;2-1-3;/h4-13,16-17,20,26H,14-15H2,1-3H3;;1H/p-1/b18-16+,27-17?;;. The van der Waals surface area contributed by atoms with Crippen LogP contribution in [-0.4, -0.2) is 12.4 Å². The number of benzene rings is 2. The van der Waals surface area contributed by atoms with E-state index < -0.39 is 0 Å². The number of halogens is 2. The lowest BCUT2D eigenvalue weighted by Gasteiger charge is -2.35. The van der Waals surface area contributed by atoms with Crippen LogP contribution in [0.15, 0.2) is 88.0 Å². The van der Waals surface area contributed by atoms with Crippen LogP contribution < -0.4 is 17.7 Å². The molecule has 1 N–H and O–H groups in total. The highest BCUT2D eigenvalue weighted by Gasteiger charge is 2.31. The molecule has 0 saturated heterocycles. The molecule has 0 saturated carbocycles. The lowest BCUT2D eigenvalue weighted by atomic mass is 9.71. The Morgan fingerprint density at radius 2 is 1.55 bits per heavy atom. The third-order valence-electron chi connectivity index (χ3n) is 5.03. The van der Waals surface area contributed by atoms with Gasteiger partial charge in [0.25, 0.3) is 0 Å². The Balaban J connectivity index is 0.00000113. The fourth-order valence-corrected chi connectivity index (χ4v) is 3.46. The molecular weight excluding hydrogens is 431 g/mol. The highest BCUT2D eigenvalue weighted by molar-refractivity contribution is 6.33. The number of nitrogens with zero attached hydrogens (tertiary/aromatic N) is 1. The van der Waals surface area contributed by atoms with E-state index in [0.29, 0.717) is 5.92 Å². The normalized spacial score (nSPS) is 17.4. The summed E-state index contributed by atoms with van der Waals surface area (Å²) < 4.78 is 0. The van der Waals surface area contributed by atoms with E-state index >= 15 is 0 Å². The van der Waals surface area contributed by atoms with Gasteiger partial charge in [0.2, 0.25) is 0 Å². The maximum Gasteiger partial charge on any atom is 0.373 e. The average molecular weight is 458 g/mol. The van der Waals surface area contributed by atoms with Gasteiger partial charge in [-0.2, -0.15) is 9.59 Å². The van der Waals surface area contributed by atoms with Gasteiger partial charge >= 0.3 is 6.15 Å². The van der Waals surface area contributed by atoms with Crippen LogP contribution in [0.3, 0.4) is 0 Å². The van der Waals surface area contributed by atoms with Gasteiger partial charge in [0.1, 0.15) is 0 Å². The van der Waals surface area contributed by atoms with Crippen molar-refractivity contribution in [1.82, 2.24) is 0 Å². The molecule has 3 rings (SSSR count). The van der Waals surface area contributed by atoms with Gasteiger partial charge in [-0.25, -0.2) is 0 Å². The van der Waals surface area contributed by atoms with Gasteiger partial charge < -0.3 is 17.7 Å². The minimum atomic E-state index is 0. The summed E-state index contributed by atoms with van der Waals surface area (Å²) in [5.41, 5.74) is 4.45. The summed E-state index contributed by atoms with van der Waals surface area (Å²) in [7, 11) is 0. The number of para-hydroxylation sites is 2. The second-order valence-electron chi connectivity index (χ2n) is 8.17. The van der Waals surface area contributed by atoms with E-state index in [2.05, 4.69) is 43.2 Å². The molecule has 4 nitrogen and oxygen atoms in total. The van der Waals surface area contributed by atoms with Crippen LogP contribution in [-0.2, 0) is 9.59 Å². The van der Waals surface area contributed by atoms with Crippen molar-refractivity contribution in [3.05, 3.63) is 83.0 Å². The third-order valence-corrected chi connectivity index (χ3v) is 5.52. The van der Waals surface area contributed by atoms with Gasteiger partial charge in [0.05, 0.1) is 5.69 Å². The summed E-state index contributed by atoms with van der Waals surface area (Å²) in [4.78, 5) is 20.9. The van der Waals surface area contributed by atoms with E-state index in [1.54, 1.807) is 0 Å². The molecule has 1 aliphatic rings. The van der Waals surface area contributed by atoms with Crippen LogP contribution in [0, 0.1) is 11.3 Å². The summed E-state index contributed by atoms with van der Waals surface area (Å²) in [6, 6.07) is 20.2. The molecule has 0 aliphatic heterocycles. The van der Waals surface area contributed by atoms with Crippen molar-refractivity contribution in [2.24, 2.45) is 16.3 Å². The zero-order chi connectivity index (χ0) is 22.0. The lowest BCUT2D eigenvalue weighted by Crippen LogP contribution is -3.00. The van der Waals surface area contributed by atoms with E-state index in [9.17, 15) is 0 Å². The second-order valence-corrected chi connectivity index (χ2v) is 8.55. The van der Waals surface area contributed by atoms with Crippen molar-refractivity contribution >= 4 is 35.3 Å². The molecule has 0 aromatic heterocycles. The molecule has 6 heteroatoms. The molecule has 1 aliphatic carbocycles. The zero-order valence-corrected chi connectivity index (χ0v) is 19.5. The Bertz CT molecular complexity index is 940. The van der Waals surface area contributed by atoms with Crippen molar-refractivity contribution in [2.75, 3.05) is 5.32 Å². The van der Waals surface area contributed by atoms with Crippen LogP contribution in [0.1, 0.15) is 33.6 Å². The number of anilines is 1. The maximum atomic E-state index is 8.12. The van der Waals surface area contributed by atoms with Crippen molar-refractivity contribution in [3.8, 4) is 0 Å². The van der Waals surface area contributed by atoms with E-state index in [0.717, 1.165) is 40.4 Å². The predicted octanol–water partition coefficient (Wildman–Crippen LogP) is 3.75. The van der Waals surface area contributed by atoms with Gasteiger partial charge in [-0.1, -0.05) is 68.8 Å². The Morgan fingerprint density at radius 3 is 2.10 bits per heavy atom. The molecule has 1 atom stereocenters. The van der Waals surface area contributed by atoms with Gasteiger partial charge in [-0.3, -0.25) is 4.99 Å². The van der Waals surface area contributed by atoms with E-state index in [4.69, 9.17) is 21.2 Å². The first-order valence-electron chi connectivity index (χ1n) is 9.83. The summed E-state index contributed by atoms with van der Waals surface area (Å²) in [6.07, 6.45) is 6.14. The van der Waals surface area contributed by atoms with Crippen molar-refractivity contribution < 1.29 is 22.0 Å². The zero-order valence-electron chi connectivity index (χ0n) is 17.9. The number of rotatable bonds is 4. The van der Waals surface area contributed by atoms with Crippen LogP contribution in [0.25, 0.3) is 0 Å². The fraction of sp³-hybridized carbons (Fsp3) is 0.280. The summed E-state index contributed by atoms with van der Waals surface area (Å²) in [5.74, 6) is 0.515. The van der Waals surface area contributed by atoms with Crippen LogP contribution in [0.4, 0.5) is 11.4 Å². The van der Waals surface area contributed by atoms with Gasteiger partial charge in [0, 0.05) is 23.1 Å². The molecule has 0 fully saturated rings. The quantitative estimate of drug-likeness (QED) is 0.710. The Morgan fingerprint density at radius 1 is 1.00 bits per heavy atom. The number of allylic oxidation sites excluding steroid dienone is 3. The smallest absolute Gasteiger partial charge is 0.373 e. The van der Waals surface area contributed by atoms with E-state index in [-0.39, 0.29) is 24.0 Å². The minimum absolute atomic E-state index is 0. The number of carbonyl (C=O) groups excluding carboxylic acids is 2. The minimum Gasteiger partial charge on any atom is -1.00 e. The van der Waals surface area contributed by atoms with Crippen molar-refractivity contribution in [1.29, 1.82) is 0 Å². The number of hydrogen-bond donors (Lipinski definition) is 1. The first kappa shape index (κ1) is 26.4. The topological polar surface area (TPSA) is 58.5 Å². The highest BCUT2D eigenvalue weighted by Crippen LogP contribution is 2.43. The molecule has 2 aromatic carbocycles. The lowest BCUT2D eigenvalue weighted by molar-refractivity contribution is -0.191. The fourth-order valence-electron chi connectivity index (χ4n) is 3.20. The SMILES string of the molecule is CC(C)(C)C1CC(C=Nc2ccccc2)=C(Cl)/C(=C/Nc2ccccc2)C1.O=C=O.[Cl-]. The Hall–Kier alpha value is -2.65. The third kappa shape index (κ3) is 8.55. The number of nitrogens with one attached hydrogen (secondary N) is 1. The predicted molar refractivity (Wildman–Crippen MR) is 123 cm³/mol. The highest BCUT2D eigenvalue weighted by atomic mass is 35.5. The number of aliphatic imine (C=N–C) groups is 1. The van der Waals surface area contributed by atoms with Gasteiger partial charge in [-0.15, -0.1) is 0 Å². The first-order chi connectivity index (χ1) is 14.3. The summed E-state index contributed by atoms with van der Waals surface area (Å²) >= 11 is 6.78. The summed E-state index contributed by atoms with van der Waals surface area (Å²) in [5, 5.41) is 4.20. The molecule has 0 radical (unpaired) electrons. The molecule has 1 unspecified atom stereocenters. The maximum absolute atomic E-state index is 8.12. The average Bonchev–Trinajstić information content (AvgIpc) is 2.73. The monoisotopic (exact) mass is 457 g/mol. The van der Waals surface area contributed by atoms with Crippen molar-refractivity contribution in [2.45, 2.75) is 33.6 Å². The molecule has 2 aromatic rings. The molecule has 0 amide bonds. The van der Waals surface area contributed by atoms with E-state index in [1.165, 1.54) is 0 Å². The Labute approximate surface area is 195 Å². The van der Waals surface area contributed by atoms with Crippen LogP contribution >= 0.6 is 11.6 Å². The van der Waals surface area contributed by atoms with Crippen molar-refractivity contribution in [3.63, 3.8) is 0 Å². The Kier molecular flexibility index (Phi) is 11.0. The molecular formula is C25H27Cl2N2O2-. The second kappa shape index (κ2) is 12.9. The van der Waals surface area contributed by atoms with Gasteiger partial charge in [0.15, 0.2) is 0 Å². The molecule has 164 valence electrons. The van der Waals surface area contributed by atoms with Crippen LogP contribution in [0.5, 0.6) is 0 Å². The van der Waals surface area contributed by atoms with Gasteiger partial charge in [-0.05, 0) is 59.6 Å². The molecule has 31 heavy (non-hydrogen) atoms. The van der Waals surface area contributed by atoms with Crippen LogP contribution in [0.2, 0.25) is 0 Å². The largest absolute Gasteiger partial charge is 1.00 e.